The van der Waals surface area contributed by atoms with Gasteiger partial charge in [0.15, 0.2) is 5.60 Å². The highest BCUT2D eigenvalue weighted by molar-refractivity contribution is 5.97. The molecule has 1 spiro atoms. The lowest BCUT2D eigenvalue weighted by atomic mass is 9.75. The Hall–Kier alpha value is -4.07. The van der Waals surface area contributed by atoms with Gasteiger partial charge in [0.1, 0.15) is 23.4 Å². The number of hydrogen-bond acceptors (Lipinski definition) is 8. The zero-order valence-electron chi connectivity index (χ0n) is 17.3. The van der Waals surface area contributed by atoms with Crippen LogP contribution < -0.4 is 15.2 Å². The second kappa shape index (κ2) is 6.98. The van der Waals surface area contributed by atoms with E-state index in [1.165, 1.54) is 13.8 Å². The van der Waals surface area contributed by atoms with Crippen LogP contribution in [0.1, 0.15) is 41.8 Å². The highest BCUT2D eigenvalue weighted by Gasteiger charge is 2.55. The van der Waals surface area contributed by atoms with Crippen LogP contribution in [-0.2, 0) is 24.7 Å². The first kappa shape index (κ1) is 19.9. The van der Waals surface area contributed by atoms with Gasteiger partial charge in [-0.3, -0.25) is 9.59 Å². The number of rotatable bonds is 2. The molecule has 2 heterocycles. The van der Waals surface area contributed by atoms with Crippen molar-refractivity contribution in [3.63, 3.8) is 0 Å². The van der Waals surface area contributed by atoms with Crippen LogP contribution in [-0.4, -0.2) is 24.0 Å². The Morgan fingerprint density at radius 3 is 2.66 bits per heavy atom. The minimum Gasteiger partial charge on any atom is -0.458 e. The molecule has 3 aliphatic rings. The molecule has 5 rings (SSSR count). The van der Waals surface area contributed by atoms with Gasteiger partial charge in [-0.1, -0.05) is 6.08 Å². The molecule has 0 fully saturated rings. The predicted molar refractivity (Wildman–Crippen MR) is 112 cm³/mol. The summed E-state index contributed by atoms with van der Waals surface area (Å²) >= 11 is 0. The van der Waals surface area contributed by atoms with Crippen LogP contribution >= 0.6 is 0 Å². The number of nitrogen functional groups attached to an aromatic ring is 1. The van der Waals surface area contributed by atoms with Gasteiger partial charge >= 0.3 is 17.9 Å². The molecule has 2 atom stereocenters. The van der Waals surface area contributed by atoms with Crippen LogP contribution in [0.5, 0.6) is 11.5 Å². The second-order valence-electron chi connectivity index (χ2n) is 7.76. The number of anilines is 1. The molecule has 8 heteroatoms. The molecule has 2 N–H and O–H groups in total. The molecule has 32 heavy (non-hydrogen) atoms. The Morgan fingerprint density at radius 2 is 1.91 bits per heavy atom. The fourth-order valence-electron chi connectivity index (χ4n) is 4.41. The summed E-state index contributed by atoms with van der Waals surface area (Å²) in [7, 11) is 0. The monoisotopic (exact) mass is 433 g/mol. The lowest BCUT2D eigenvalue weighted by Gasteiger charge is -2.40. The Labute approximate surface area is 183 Å². The molecular formula is C24H19NO7. The molecule has 8 nitrogen and oxygen atoms in total. The Bertz CT molecular complexity index is 1260. The van der Waals surface area contributed by atoms with Crippen LogP contribution in [0, 0.1) is 0 Å². The van der Waals surface area contributed by atoms with Crippen molar-refractivity contribution in [3.05, 3.63) is 76.6 Å². The predicted octanol–water partition coefficient (Wildman–Crippen LogP) is 3.15. The first-order chi connectivity index (χ1) is 15.3. The summed E-state index contributed by atoms with van der Waals surface area (Å²) in [5, 5.41) is 0. The van der Waals surface area contributed by atoms with Crippen molar-refractivity contribution >= 4 is 23.6 Å². The molecule has 2 aliphatic heterocycles. The van der Waals surface area contributed by atoms with Gasteiger partial charge in [0.25, 0.3) is 0 Å². The van der Waals surface area contributed by atoms with E-state index in [1.807, 2.05) is 6.08 Å². The Morgan fingerprint density at radius 1 is 1.09 bits per heavy atom. The van der Waals surface area contributed by atoms with E-state index in [4.69, 9.17) is 24.7 Å². The number of carbonyl (C=O) groups excluding carboxylic acids is 3. The summed E-state index contributed by atoms with van der Waals surface area (Å²) in [5.74, 6) is -0.370. The SMILES string of the molecule is CC(=O)Oc1ccc2c(c1)OC1=CC(OC(C)=O)CC=C1C21OC(=O)c2ccc(N)cc21. The summed E-state index contributed by atoms with van der Waals surface area (Å²) in [5.41, 5.74) is 7.43. The van der Waals surface area contributed by atoms with Gasteiger partial charge in [0.05, 0.1) is 5.56 Å². The molecule has 1 aliphatic carbocycles. The number of nitrogens with two attached hydrogens (primary N) is 1. The fourth-order valence-corrected chi connectivity index (χ4v) is 4.41. The maximum absolute atomic E-state index is 12.9. The van der Waals surface area contributed by atoms with Crippen LogP contribution in [0.2, 0.25) is 0 Å². The average molecular weight is 433 g/mol. The van der Waals surface area contributed by atoms with Crippen molar-refractivity contribution in [1.82, 2.24) is 0 Å². The standard InChI is InChI=1S/C24H19NO7/c1-12(26)29-15-4-7-18-21(10-15)31-22-11-16(30-13(2)27)5-8-19(22)24(18)20-9-14(25)3-6-17(20)23(28)32-24/h3-4,6-11,16H,5,25H2,1-2H3. The molecule has 0 amide bonds. The van der Waals surface area contributed by atoms with Gasteiger partial charge in [-0.25, -0.2) is 4.79 Å². The van der Waals surface area contributed by atoms with E-state index in [-0.39, 0.29) is 5.75 Å². The third-order valence-corrected chi connectivity index (χ3v) is 5.56. The van der Waals surface area contributed by atoms with E-state index >= 15 is 0 Å². The van der Waals surface area contributed by atoms with Gasteiger partial charge in [-0.15, -0.1) is 0 Å². The van der Waals surface area contributed by atoms with Crippen molar-refractivity contribution in [2.45, 2.75) is 32.0 Å². The largest absolute Gasteiger partial charge is 0.458 e. The second-order valence-corrected chi connectivity index (χ2v) is 7.76. The molecule has 0 bridgehead atoms. The van der Waals surface area contributed by atoms with Crippen LogP contribution in [0.3, 0.4) is 0 Å². The smallest absolute Gasteiger partial charge is 0.340 e. The van der Waals surface area contributed by atoms with Crippen molar-refractivity contribution in [3.8, 4) is 11.5 Å². The number of esters is 3. The summed E-state index contributed by atoms with van der Waals surface area (Å²) in [6.07, 6.45) is 3.38. The number of benzene rings is 2. The van der Waals surface area contributed by atoms with Crippen molar-refractivity contribution in [2.24, 2.45) is 0 Å². The minimum atomic E-state index is -1.29. The summed E-state index contributed by atoms with van der Waals surface area (Å²) in [6.45, 7) is 2.63. The summed E-state index contributed by atoms with van der Waals surface area (Å²) in [6, 6.07) is 9.87. The van der Waals surface area contributed by atoms with Crippen LogP contribution in [0.15, 0.2) is 59.9 Å². The first-order valence-electron chi connectivity index (χ1n) is 10.0. The number of ether oxygens (including phenoxy) is 4. The van der Waals surface area contributed by atoms with E-state index in [0.29, 0.717) is 45.9 Å². The van der Waals surface area contributed by atoms with Gasteiger partial charge in [-0.2, -0.15) is 0 Å². The third kappa shape index (κ3) is 2.95. The van der Waals surface area contributed by atoms with Gasteiger partial charge in [-0.05, 0) is 36.4 Å². The number of carbonyl (C=O) groups is 3. The maximum Gasteiger partial charge on any atom is 0.340 e. The lowest BCUT2D eigenvalue weighted by Crippen LogP contribution is -2.38. The Kier molecular flexibility index (Phi) is 4.33. The minimum absolute atomic E-state index is 0.281. The summed E-state index contributed by atoms with van der Waals surface area (Å²) < 4.78 is 22.7. The zero-order chi connectivity index (χ0) is 22.6. The molecule has 0 aromatic heterocycles. The van der Waals surface area contributed by atoms with Gasteiger partial charge in [0, 0.05) is 48.7 Å². The number of hydrogen-bond donors (Lipinski definition) is 1. The maximum atomic E-state index is 12.9. The molecule has 162 valence electrons. The van der Waals surface area contributed by atoms with E-state index in [2.05, 4.69) is 0 Å². The van der Waals surface area contributed by atoms with Gasteiger partial charge in [0.2, 0.25) is 0 Å². The molecule has 0 saturated carbocycles. The van der Waals surface area contributed by atoms with Crippen molar-refractivity contribution in [1.29, 1.82) is 0 Å². The van der Waals surface area contributed by atoms with E-state index in [1.54, 1.807) is 42.5 Å². The zero-order valence-corrected chi connectivity index (χ0v) is 17.3. The highest BCUT2D eigenvalue weighted by atomic mass is 16.6. The molecular weight excluding hydrogens is 414 g/mol. The van der Waals surface area contributed by atoms with Gasteiger partial charge < -0.3 is 24.7 Å². The van der Waals surface area contributed by atoms with E-state index in [9.17, 15) is 14.4 Å². The van der Waals surface area contributed by atoms with E-state index < -0.39 is 29.6 Å². The topological polar surface area (TPSA) is 114 Å². The molecule has 0 radical (unpaired) electrons. The third-order valence-electron chi connectivity index (χ3n) is 5.56. The summed E-state index contributed by atoms with van der Waals surface area (Å²) in [4.78, 5) is 35.8. The lowest BCUT2D eigenvalue weighted by molar-refractivity contribution is -0.144. The van der Waals surface area contributed by atoms with Crippen LogP contribution in [0.25, 0.3) is 0 Å². The highest BCUT2D eigenvalue weighted by Crippen LogP contribution is 2.56. The Balaban J connectivity index is 1.74. The van der Waals surface area contributed by atoms with Crippen molar-refractivity contribution < 1.29 is 33.3 Å². The fraction of sp³-hybridized carbons (Fsp3) is 0.208. The normalized spacial score (nSPS) is 22.4. The molecule has 2 unspecified atom stereocenters. The molecule has 2 aromatic rings. The van der Waals surface area contributed by atoms with Crippen LogP contribution in [0.4, 0.5) is 5.69 Å². The average Bonchev–Trinajstić information content (AvgIpc) is 2.99. The number of fused-ring (bicyclic) bond motifs is 6. The molecule has 0 saturated heterocycles. The van der Waals surface area contributed by atoms with E-state index in [0.717, 1.165) is 0 Å². The van der Waals surface area contributed by atoms with Crippen molar-refractivity contribution in [2.75, 3.05) is 5.73 Å². The first-order valence-corrected chi connectivity index (χ1v) is 10.0. The quantitative estimate of drug-likeness (QED) is 0.436. The molecule has 2 aromatic carbocycles.